The zero-order valence-electron chi connectivity index (χ0n) is 19.8. The van der Waals surface area contributed by atoms with E-state index in [2.05, 4.69) is 21.7 Å². The van der Waals surface area contributed by atoms with Gasteiger partial charge in [0.25, 0.3) is 11.8 Å². The molecule has 9 heteroatoms. The molecule has 35 heavy (non-hydrogen) atoms. The number of aromatic nitrogens is 1. The second-order valence-corrected chi connectivity index (χ2v) is 9.94. The van der Waals surface area contributed by atoms with Crippen molar-refractivity contribution in [3.8, 4) is 16.5 Å². The molecule has 0 saturated heterocycles. The first-order valence-corrected chi connectivity index (χ1v) is 11.8. The van der Waals surface area contributed by atoms with Crippen LogP contribution in [0, 0.1) is 17.2 Å². The van der Waals surface area contributed by atoms with Crippen molar-refractivity contribution in [3.05, 3.63) is 70.9 Å². The van der Waals surface area contributed by atoms with Crippen molar-refractivity contribution >= 4 is 34.8 Å². The number of hydrogen-bond acceptors (Lipinski definition) is 6. The Morgan fingerprint density at radius 3 is 2.20 bits per heavy atom. The van der Waals surface area contributed by atoms with Crippen LogP contribution in [0.2, 0.25) is 0 Å². The quantitative estimate of drug-likeness (QED) is 0.419. The second kappa shape index (κ2) is 10.5. The van der Waals surface area contributed by atoms with Crippen LogP contribution in [-0.2, 0) is 10.2 Å². The lowest BCUT2D eigenvalue weighted by molar-refractivity contribution is -0.140. The molecule has 0 aliphatic heterocycles. The van der Waals surface area contributed by atoms with Gasteiger partial charge in [0.1, 0.15) is 6.04 Å². The Kier molecular flexibility index (Phi) is 7.67. The summed E-state index contributed by atoms with van der Waals surface area (Å²) in [4.78, 5) is 41.2. The van der Waals surface area contributed by atoms with Crippen LogP contribution in [0.5, 0.6) is 0 Å². The van der Waals surface area contributed by atoms with Crippen molar-refractivity contribution in [1.29, 1.82) is 5.26 Å². The van der Waals surface area contributed by atoms with Gasteiger partial charge in [0, 0.05) is 17.4 Å². The van der Waals surface area contributed by atoms with Crippen LogP contribution in [-0.4, -0.2) is 33.9 Å². The number of carbonyl (C=O) groups is 3. The molecule has 2 aromatic carbocycles. The number of amides is 2. The first-order valence-electron chi connectivity index (χ1n) is 10.9. The average Bonchev–Trinajstić information content (AvgIpc) is 3.33. The van der Waals surface area contributed by atoms with E-state index in [1.807, 2.05) is 13.8 Å². The number of carboxylic acid groups (broad SMARTS) is 1. The maximum atomic E-state index is 12.6. The highest BCUT2D eigenvalue weighted by Gasteiger charge is 2.25. The molecule has 0 saturated carbocycles. The molecule has 0 unspecified atom stereocenters. The summed E-state index contributed by atoms with van der Waals surface area (Å²) >= 11 is 1.15. The Morgan fingerprint density at radius 2 is 1.66 bits per heavy atom. The SMILES string of the molecule is CC(C)[C@@H](NC(=O)c1ncc(-c2ccc(NC(=O)c3ccc(C(C)(C)C#N)cc3)cc2)s1)C(=O)O. The first-order chi connectivity index (χ1) is 16.5. The van der Waals surface area contributed by atoms with Crippen LogP contribution in [0.15, 0.2) is 54.7 Å². The lowest BCUT2D eigenvalue weighted by Crippen LogP contribution is -2.44. The Hall–Kier alpha value is -4.03. The average molecular weight is 491 g/mol. The number of anilines is 1. The maximum absolute atomic E-state index is 12.6. The minimum Gasteiger partial charge on any atom is -0.480 e. The second-order valence-electron chi connectivity index (χ2n) is 8.91. The van der Waals surface area contributed by atoms with Gasteiger partial charge in [-0.2, -0.15) is 5.26 Å². The summed E-state index contributed by atoms with van der Waals surface area (Å²) < 4.78 is 0. The van der Waals surface area contributed by atoms with Crippen LogP contribution >= 0.6 is 11.3 Å². The third-order valence-corrected chi connectivity index (χ3v) is 6.54. The molecule has 8 nitrogen and oxygen atoms in total. The third kappa shape index (κ3) is 6.11. The normalized spacial score (nSPS) is 12.0. The molecule has 2 amide bonds. The number of hydrogen-bond donors (Lipinski definition) is 3. The summed E-state index contributed by atoms with van der Waals surface area (Å²) in [5.74, 6) is -2.16. The van der Waals surface area contributed by atoms with Gasteiger partial charge in [0.05, 0.1) is 16.4 Å². The molecule has 0 bridgehead atoms. The number of carbonyl (C=O) groups excluding carboxylic acids is 2. The van der Waals surface area contributed by atoms with Gasteiger partial charge in [-0.15, -0.1) is 11.3 Å². The molecule has 0 aliphatic rings. The largest absolute Gasteiger partial charge is 0.480 e. The van der Waals surface area contributed by atoms with Crippen LogP contribution in [0.4, 0.5) is 5.69 Å². The number of carboxylic acids is 1. The van der Waals surface area contributed by atoms with Crippen molar-refractivity contribution in [2.75, 3.05) is 5.32 Å². The molecule has 3 rings (SSSR count). The van der Waals surface area contributed by atoms with Crippen molar-refractivity contribution in [1.82, 2.24) is 10.3 Å². The summed E-state index contributed by atoms with van der Waals surface area (Å²) in [7, 11) is 0. The van der Waals surface area contributed by atoms with E-state index in [0.717, 1.165) is 27.3 Å². The Bertz CT molecular complexity index is 1270. The van der Waals surface area contributed by atoms with Gasteiger partial charge in [-0.25, -0.2) is 9.78 Å². The van der Waals surface area contributed by atoms with E-state index in [0.29, 0.717) is 11.3 Å². The molecule has 0 spiro atoms. The summed E-state index contributed by atoms with van der Waals surface area (Å²) in [5, 5.41) is 24.0. The summed E-state index contributed by atoms with van der Waals surface area (Å²) in [5.41, 5.74) is 2.09. The zero-order valence-corrected chi connectivity index (χ0v) is 20.6. The fourth-order valence-electron chi connectivity index (χ4n) is 3.25. The Morgan fingerprint density at radius 1 is 1.03 bits per heavy atom. The number of nitrogens with one attached hydrogen (secondary N) is 2. The Labute approximate surface area is 207 Å². The van der Waals surface area contributed by atoms with Gasteiger partial charge < -0.3 is 15.7 Å². The van der Waals surface area contributed by atoms with Gasteiger partial charge in [0.15, 0.2) is 5.01 Å². The molecule has 3 N–H and O–H groups in total. The molecule has 1 aromatic heterocycles. The highest BCUT2D eigenvalue weighted by Crippen LogP contribution is 2.28. The fourth-order valence-corrected chi connectivity index (χ4v) is 4.08. The number of thiazole rings is 1. The van der Waals surface area contributed by atoms with Crippen molar-refractivity contribution < 1.29 is 19.5 Å². The van der Waals surface area contributed by atoms with Crippen molar-refractivity contribution in [3.63, 3.8) is 0 Å². The molecule has 1 atom stereocenters. The van der Waals surface area contributed by atoms with E-state index in [1.54, 1.807) is 68.6 Å². The maximum Gasteiger partial charge on any atom is 0.326 e. The molecule has 0 aliphatic carbocycles. The number of nitrogens with zero attached hydrogens (tertiary/aromatic N) is 2. The zero-order chi connectivity index (χ0) is 25.8. The minimum absolute atomic E-state index is 0.173. The highest BCUT2D eigenvalue weighted by molar-refractivity contribution is 7.17. The predicted octanol–water partition coefficient (Wildman–Crippen LogP) is 4.70. The summed E-state index contributed by atoms with van der Waals surface area (Å²) in [6.07, 6.45) is 1.56. The van der Waals surface area contributed by atoms with Gasteiger partial charge in [-0.1, -0.05) is 38.1 Å². The number of nitriles is 1. The number of aliphatic carboxylic acids is 1. The number of benzene rings is 2. The van der Waals surface area contributed by atoms with E-state index >= 15 is 0 Å². The van der Waals surface area contributed by atoms with E-state index in [-0.39, 0.29) is 16.8 Å². The highest BCUT2D eigenvalue weighted by atomic mass is 32.1. The van der Waals surface area contributed by atoms with Crippen molar-refractivity contribution in [2.45, 2.75) is 39.2 Å². The monoisotopic (exact) mass is 490 g/mol. The topological polar surface area (TPSA) is 132 Å². The molecule has 1 heterocycles. The van der Waals surface area contributed by atoms with E-state index in [1.165, 1.54) is 0 Å². The molecular weight excluding hydrogens is 464 g/mol. The van der Waals surface area contributed by atoms with E-state index in [9.17, 15) is 24.8 Å². The van der Waals surface area contributed by atoms with E-state index in [4.69, 9.17) is 0 Å². The molecule has 3 aromatic rings. The van der Waals surface area contributed by atoms with Gasteiger partial charge in [-0.3, -0.25) is 9.59 Å². The Balaban J connectivity index is 1.66. The van der Waals surface area contributed by atoms with Gasteiger partial charge in [0.2, 0.25) is 0 Å². The van der Waals surface area contributed by atoms with Crippen LogP contribution in [0.3, 0.4) is 0 Å². The fraction of sp³-hybridized carbons (Fsp3) is 0.269. The molecule has 0 fully saturated rings. The summed E-state index contributed by atoms with van der Waals surface area (Å²) in [6, 6.07) is 15.3. The summed E-state index contributed by atoms with van der Waals surface area (Å²) in [6.45, 7) is 7.08. The van der Waals surface area contributed by atoms with Crippen LogP contribution in [0.1, 0.15) is 53.4 Å². The number of rotatable bonds is 8. The standard InChI is InChI=1S/C26H26N4O4S/c1-15(2)21(25(33)34)30-23(32)24-28-13-20(35-24)16-7-11-19(12-8-16)29-22(31)17-5-9-18(10-6-17)26(3,4)14-27/h5-13,15,21H,1-4H3,(H,29,31)(H,30,32)(H,33,34)/t21-/m1/s1. The van der Waals surface area contributed by atoms with Crippen LogP contribution in [0.25, 0.3) is 10.4 Å². The lowest BCUT2D eigenvalue weighted by atomic mass is 9.86. The molecular formula is C26H26N4O4S. The minimum atomic E-state index is -1.09. The van der Waals surface area contributed by atoms with Gasteiger partial charge >= 0.3 is 5.97 Å². The smallest absolute Gasteiger partial charge is 0.326 e. The van der Waals surface area contributed by atoms with E-state index < -0.39 is 23.3 Å². The first kappa shape index (κ1) is 25.6. The molecule has 180 valence electrons. The van der Waals surface area contributed by atoms with Crippen molar-refractivity contribution in [2.24, 2.45) is 5.92 Å². The van der Waals surface area contributed by atoms with Crippen LogP contribution < -0.4 is 10.6 Å². The third-order valence-electron chi connectivity index (χ3n) is 5.49. The predicted molar refractivity (Wildman–Crippen MR) is 134 cm³/mol. The van der Waals surface area contributed by atoms with Gasteiger partial charge in [-0.05, 0) is 55.2 Å². The lowest BCUT2D eigenvalue weighted by Gasteiger charge is -2.16. The molecule has 0 radical (unpaired) electrons.